The number of anilines is 1. The van der Waals surface area contributed by atoms with Gasteiger partial charge in [0.2, 0.25) is 0 Å². The van der Waals surface area contributed by atoms with E-state index in [2.05, 4.69) is 5.32 Å². The summed E-state index contributed by atoms with van der Waals surface area (Å²) in [5.41, 5.74) is 1.52. The molecule has 1 aromatic carbocycles. The maximum Gasteiger partial charge on any atom is 0.412 e. The summed E-state index contributed by atoms with van der Waals surface area (Å²) >= 11 is 0. The molecular formula is C10H12N2O3. The first kappa shape index (κ1) is 9.95. The van der Waals surface area contributed by atoms with Crippen molar-refractivity contribution in [2.24, 2.45) is 0 Å². The number of carbonyl (C=O) groups is 1. The Balaban J connectivity index is 2.43. The average molecular weight is 208 g/mol. The van der Waals surface area contributed by atoms with E-state index in [1.54, 1.807) is 13.2 Å². The summed E-state index contributed by atoms with van der Waals surface area (Å²) in [4.78, 5) is 12.2. The number of methoxy groups -OCH3 is 1. The summed E-state index contributed by atoms with van der Waals surface area (Å²) < 4.78 is 5.21. The minimum atomic E-state index is -0.968. The van der Waals surface area contributed by atoms with Crippen LogP contribution in [0, 0.1) is 0 Å². The predicted molar refractivity (Wildman–Crippen MR) is 54.7 cm³/mol. The largest absolute Gasteiger partial charge is 0.465 e. The van der Waals surface area contributed by atoms with Gasteiger partial charge in [0.1, 0.15) is 6.23 Å². The van der Waals surface area contributed by atoms with Crippen LogP contribution in [0.25, 0.3) is 0 Å². The zero-order chi connectivity index (χ0) is 10.8. The van der Waals surface area contributed by atoms with Crippen molar-refractivity contribution in [3.63, 3.8) is 0 Å². The van der Waals surface area contributed by atoms with Gasteiger partial charge in [-0.3, -0.25) is 10.2 Å². The molecule has 0 spiro atoms. The predicted octanol–water partition coefficient (Wildman–Crippen LogP) is 1.38. The highest BCUT2D eigenvalue weighted by Gasteiger charge is 2.27. The second-order valence-electron chi connectivity index (χ2n) is 3.25. The Morgan fingerprint density at radius 1 is 1.60 bits per heavy atom. The fraction of sp³-hybridized carbons (Fsp3) is 0.300. The van der Waals surface area contributed by atoms with Gasteiger partial charge in [0.15, 0.2) is 0 Å². The number of fused-ring (bicyclic) bond motifs is 1. The Kier molecular flexibility index (Phi) is 2.57. The number of hydrogen-bond donors (Lipinski definition) is 2. The minimum absolute atomic E-state index is 0.239. The topological polar surface area (TPSA) is 61.8 Å². The molecule has 1 atom stereocenters. The lowest BCUT2D eigenvalue weighted by molar-refractivity contribution is 0.0697. The van der Waals surface area contributed by atoms with E-state index in [4.69, 9.17) is 9.84 Å². The van der Waals surface area contributed by atoms with E-state index in [1.807, 2.05) is 18.2 Å². The van der Waals surface area contributed by atoms with E-state index in [0.717, 1.165) is 5.56 Å². The van der Waals surface area contributed by atoms with Crippen LogP contribution in [-0.2, 0) is 4.74 Å². The molecule has 5 nitrogen and oxygen atoms in total. The number of para-hydroxylation sites is 1. The van der Waals surface area contributed by atoms with E-state index >= 15 is 0 Å². The van der Waals surface area contributed by atoms with Crippen LogP contribution in [0.5, 0.6) is 0 Å². The van der Waals surface area contributed by atoms with Crippen molar-refractivity contribution >= 4 is 11.8 Å². The van der Waals surface area contributed by atoms with Gasteiger partial charge >= 0.3 is 6.09 Å². The van der Waals surface area contributed by atoms with E-state index in [1.165, 1.54) is 4.90 Å². The first-order valence-corrected chi connectivity index (χ1v) is 4.59. The summed E-state index contributed by atoms with van der Waals surface area (Å²) in [7, 11) is 1.59. The van der Waals surface area contributed by atoms with Gasteiger partial charge in [0.25, 0.3) is 0 Å². The smallest absolute Gasteiger partial charge is 0.412 e. The van der Waals surface area contributed by atoms with Crippen molar-refractivity contribution < 1.29 is 14.6 Å². The molecule has 0 saturated carbocycles. The number of nitrogens with one attached hydrogen (secondary N) is 1. The van der Waals surface area contributed by atoms with E-state index < -0.39 is 6.09 Å². The molecule has 2 rings (SSSR count). The van der Waals surface area contributed by atoms with Gasteiger partial charge in [-0.2, -0.15) is 0 Å². The maximum absolute atomic E-state index is 11.0. The van der Waals surface area contributed by atoms with Gasteiger partial charge in [-0.25, -0.2) is 4.79 Å². The molecule has 80 valence electrons. The molecule has 0 aromatic heterocycles. The summed E-state index contributed by atoms with van der Waals surface area (Å²) in [5, 5.41) is 12.0. The van der Waals surface area contributed by atoms with Crippen LogP contribution in [-0.4, -0.2) is 25.0 Å². The Bertz CT molecular complexity index is 381. The third kappa shape index (κ3) is 1.67. The molecule has 1 aliphatic heterocycles. The summed E-state index contributed by atoms with van der Waals surface area (Å²) in [5.74, 6) is 0. The van der Waals surface area contributed by atoms with Crippen LogP contribution in [0.4, 0.5) is 10.5 Å². The third-order valence-corrected chi connectivity index (χ3v) is 2.41. The Labute approximate surface area is 87.3 Å². The zero-order valence-corrected chi connectivity index (χ0v) is 8.30. The average Bonchev–Trinajstić information content (AvgIpc) is 2.27. The van der Waals surface area contributed by atoms with Crippen LogP contribution >= 0.6 is 0 Å². The molecule has 0 aliphatic carbocycles. The van der Waals surface area contributed by atoms with Gasteiger partial charge in [-0.1, -0.05) is 18.2 Å². The van der Waals surface area contributed by atoms with Crippen molar-refractivity contribution in [3.05, 3.63) is 29.8 Å². The molecular weight excluding hydrogens is 196 g/mol. The van der Waals surface area contributed by atoms with Gasteiger partial charge in [-0.05, 0) is 6.07 Å². The zero-order valence-electron chi connectivity index (χ0n) is 8.30. The normalized spacial score (nSPS) is 19.8. The van der Waals surface area contributed by atoms with Crippen molar-refractivity contribution in [2.45, 2.75) is 6.23 Å². The Hall–Kier alpha value is -1.59. The lowest BCUT2D eigenvalue weighted by atomic mass is 10.1. The summed E-state index contributed by atoms with van der Waals surface area (Å²) in [6.07, 6.45) is -1.21. The molecule has 2 N–H and O–H groups in total. The number of benzene rings is 1. The quantitative estimate of drug-likeness (QED) is 0.731. The number of amides is 1. The van der Waals surface area contributed by atoms with Crippen LogP contribution < -0.4 is 10.2 Å². The first-order valence-electron chi connectivity index (χ1n) is 4.59. The summed E-state index contributed by atoms with van der Waals surface area (Å²) in [6, 6.07) is 7.30. The van der Waals surface area contributed by atoms with Gasteiger partial charge in [0, 0.05) is 12.7 Å². The lowest BCUT2D eigenvalue weighted by Gasteiger charge is -2.32. The second kappa shape index (κ2) is 3.88. The Morgan fingerprint density at radius 3 is 3.00 bits per heavy atom. The second-order valence-corrected chi connectivity index (χ2v) is 3.25. The van der Waals surface area contributed by atoms with Gasteiger partial charge < -0.3 is 9.84 Å². The number of nitrogens with zero attached hydrogens (tertiary/aromatic N) is 1. The standard InChI is InChI=1S/C10H12N2O3/c1-15-9-7-4-2-3-5-8(7)12(6-11-9)10(13)14/h2-5,9,11H,6H2,1H3,(H,13,14). The van der Waals surface area contributed by atoms with Crippen LogP contribution in [0.2, 0.25) is 0 Å². The minimum Gasteiger partial charge on any atom is -0.465 e. The number of rotatable bonds is 1. The molecule has 1 aliphatic rings. The summed E-state index contributed by atoms with van der Waals surface area (Å²) in [6.45, 7) is 0.241. The highest BCUT2D eigenvalue weighted by molar-refractivity contribution is 5.87. The number of hydrogen-bond acceptors (Lipinski definition) is 3. The highest BCUT2D eigenvalue weighted by Crippen LogP contribution is 2.29. The fourth-order valence-corrected chi connectivity index (χ4v) is 1.71. The van der Waals surface area contributed by atoms with Crippen LogP contribution in [0.15, 0.2) is 24.3 Å². The number of ether oxygens (including phenoxy) is 1. The highest BCUT2D eigenvalue weighted by atomic mass is 16.5. The monoisotopic (exact) mass is 208 g/mol. The van der Waals surface area contributed by atoms with Crippen molar-refractivity contribution in [3.8, 4) is 0 Å². The van der Waals surface area contributed by atoms with Crippen molar-refractivity contribution in [2.75, 3.05) is 18.7 Å². The van der Waals surface area contributed by atoms with Gasteiger partial charge in [-0.15, -0.1) is 0 Å². The Morgan fingerprint density at radius 2 is 2.33 bits per heavy atom. The molecule has 0 radical (unpaired) electrons. The SMILES string of the molecule is COC1NCN(C(=O)O)c2ccccc21. The van der Waals surface area contributed by atoms with Gasteiger partial charge in [0.05, 0.1) is 12.4 Å². The molecule has 1 aromatic rings. The third-order valence-electron chi connectivity index (χ3n) is 2.41. The molecule has 5 heteroatoms. The first-order chi connectivity index (χ1) is 7.24. The van der Waals surface area contributed by atoms with Crippen molar-refractivity contribution in [1.82, 2.24) is 5.32 Å². The van der Waals surface area contributed by atoms with Crippen LogP contribution in [0.3, 0.4) is 0 Å². The van der Waals surface area contributed by atoms with E-state index in [0.29, 0.717) is 5.69 Å². The number of carboxylic acid groups (broad SMARTS) is 1. The molecule has 0 saturated heterocycles. The van der Waals surface area contributed by atoms with E-state index in [9.17, 15) is 4.79 Å². The molecule has 1 unspecified atom stereocenters. The fourth-order valence-electron chi connectivity index (χ4n) is 1.71. The maximum atomic E-state index is 11.0. The molecule has 15 heavy (non-hydrogen) atoms. The van der Waals surface area contributed by atoms with Crippen LogP contribution in [0.1, 0.15) is 11.8 Å². The molecule has 0 fully saturated rings. The molecule has 1 amide bonds. The van der Waals surface area contributed by atoms with E-state index in [-0.39, 0.29) is 12.9 Å². The van der Waals surface area contributed by atoms with Crippen molar-refractivity contribution in [1.29, 1.82) is 0 Å². The molecule has 0 bridgehead atoms. The molecule has 1 heterocycles. The lowest BCUT2D eigenvalue weighted by Crippen LogP contribution is -2.45.